The number of aromatic nitrogens is 9. The highest BCUT2D eigenvalue weighted by molar-refractivity contribution is 7.26. The molecule has 9 aromatic heterocycles. The Morgan fingerprint density at radius 1 is 0.120 bits per heavy atom. The first-order valence-corrected chi connectivity index (χ1v) is 52.9. The molecule has 0 radical (unpaired) electrons. The first-order chi connectivity index (χ1) is 74.3. The van der Waals surface area contributed by atoms with Gasteiger partial charge in [0.15, 0.2) is 17.5 Å². The molecular formula is C138H87N9S3. The zero-order valence-electron chi connectivity index (χ0n) is 81.0. The first-order valence-electron chi connectivity index (χ1n) is 50.5. The number of hydrogen-bond acceptors (Lipinski definition) is 9. The summed E-state index contributed by atoms with van der Waals surface area (Å²) < 4.78 is 14.7. The number of hydrogen-bond donors (Lipinski definition) is 0. The van der Waals surface area contributed by atoms with Crippen LogP contribution >= 0.6 is 34.0 Å². The molecule has 0 saturated heterocycles. The molecule has 0 fully saturated rings. The van der Waals surface area contributed by atoms with Crippen LogP contribution in [0.1, 0.15) is 0 Å². The van der Waals surface area contributed by atoms with Crippen LogP contribution in [-0.4, -0.2) is 43.6 Å². The molecule has 0 aliphatic carbocycles. The third-order valence-corrected chi connectivity index (χ3v) is 32.3. The van der Waals surface area contributed by atoms with Gasteiger partial charge in [0.2, 0.25) is 0 Å². The summed E-state index contributed by atoms with van der Waals surface area (Å²) >= 11 is 5.48. The number of para-hydroxylation sites is 5. The molecule has 0 amide bonds. The van der Waals surface area contributed by atoms with Crippen molar-refractivity contribution in [3.63, 3.8) is 0 Å². The molecule has 0 atom stereocenters. The Bertz CT molecular complexity index is 10400. The number of benzene rings is 21. The highest BCUT2D eigenvalue weighted by Gasteiger charge is 2.24. The van der Waals surface area contributed by atoms with E-state index in [1.807, 2.05) is 46.1 Å². The summed E-state index contributed by atoms with van der Waals surface area (Å²) in [5.74, 6) is 2.09. The van der Waals surface area contributed by atoms with E-state index in [0.29, 0.717) is 17.5 Å². The van der Waals surface area contributed by atoms with Crippen LogP contribution in [-0.2, 0) is 0 Å². The molecule has 150 heavy (non-hydrogen) atoms. The number of fused-ring (bicyclic) bond motifs is 18. The second-order valence-electron chi connectivity index (χ2n) is 37.9. The van der Waals surface area contributed by atoms with Crippen LogP contribution in [0.2, 0.25) is 0 Å². The minimum atomic E-state index is 0.696. The van der Waals surface area contributed by atoms with Crippen molar-refractivity contribution >= 4 is 160 Å². The van der Waals surface area contributed by atoms with Gasteiger partial charge >= 0.3 is 0 Å². The molecule has 21 aromatic carbocycles. The van der Waals surface area contributed by atoms with Gasteiger partial charge in [0, 0.05) is 160 Å². The van der Waals surface area contributed by atoms with Crippen molar-refractivity contribution in [3.05, 3.63) is 528 Å². The number of nitrogens with zero attached hydrogens (tertiary/aromatic N) is 9. The second kappa shape index (κ2) is 37.8. The Hall–Kier alpha value is -19.1. The Kier molecular flexibility index (Phi) is 22.3. The highest BCUT2D eigenvalue weighted by Crippen LogP contribution is 2.46. The van der Waals surface area contributed by atoms with Gasteiger partial charge in [-0.3, -0.25) is 0 Å². The van der Waals surface area contributed by atoms with Crippen molar-refractivity contribution in [1.29, 1.82) is 0 Å². The van der Waals surface area contributed by atoms with Crippen LogP contribution in [0.3, 0.4) is 0 Å². The molecule has 9 nitrogen and oxygen atoms in total. The molecule has 0 unspecified atom stereocenters. The summed E-state index contributed by atoms with van der Waals surface area (Å²) in [4.78, 5) is 31.4. The summed E-state index contributed by atoms with van der Waals surface area (Å²) in [6.45, 7) is 0. The topological polar surface area (TPSA) is 92.1 Å². The van der Waals surface area contributed by atoms with Gasteiger partial charge in [0.25, 0.3) is 0 Å². The average molecular weight is 1970 g/mol. The highest BCUT2D eigenvalue weighted by atomic mass is 32.1. The van der Waals surface area contributed by atoms with Crippen LogP contribution in [0, 0.1) is 0 Å². The van der Waals surface area contributed by atoms with Gasteiger partial charge < -0.3 is 13.7 Å². The van der Waals surface area contributed by atoms with Crippen molar-refractivity contribution in [1.82, 2.24) is 43.6 Å². The summed E-state index contributed by atoms with van der Waals surface area (Å²) in [6.07, 6.45) is 0. The maximum absolute atomic E-state index is 5.27. The van der Waals surface area contributed by atoms with Crippen LogP contribution in [0.15, 0.2) is 528 Å². The van der Waals surface area contributed by atoms with Crippen molar-refractivity contribution in [2.24, 2.45) is 0 Å². The smallest absolute Gasteiger partial charge is 0.160 e. The van der Waals surface area contributed by atoms with E-state index in [1.165, 1.54) is 154 Å². The van der Waals surface area contributed by atoms with Gasteiger partial charge in [-0.2, -0.15) is 0 Å². The van der Waals surface area contributed by atoms with E-state index < -0.39 is 0 Å². The number of thiophene rings is 3. The largest absolute Gasteiger partial charge is 0.309 e. The lowest BCUT2D eigenvalue weighted by Crippen LogP contribution is -1.98. The van der Waals surface area contributed by atoms with Crippen LogP contribution in [0.4, 0.5) is 0 Å². The van der Waals surface area contributed by atoms with E-state index in [4.69, 9.17) is 29.9 Å². The lowest BCUT2D eigenvalue weighted by molar-refractivity contribution is 1.16. The predicted molar refractivity (Wildman–Crippen MR) is 633 cm³/mol. The minimum Gasteiger partial charge on any atom is -0.309 e. The van der Waals surface area contributed by atoms with Crippen LogP contribution in [0.25, 0.3) is 278 Å². The van der Waals surface area contributed by atoms with Crippen LogP contribution < -0.4 is 0 Å². The summed E-state index contributed by atoms with van der Waals surface area (Å²) in [6, 6.07) is 188. The summed E-state index contributed by atoms with van der Waals surface area (Å²) in [5, 5.41) is 15.1. The monoisotopic (exact) mass is 1970 g/mol. The third kappa shape index (κ3) is 16.4. The van der Waals surface area contributed by atoms with E-state index in [2.05, 4.69) is 529 Å². The number of rotatable bonds is 15. The van der Waals surface area contributed by atoms with Gasteiger partial charge in [-0.25, -0.2) is 29.9 Å². The zero-order valence-corrected chi connectivity index (χ0v) is 83.4. The van der Waals surface area contributed by atoms with E-state index >= 15 is 0 Å². The third-order valence-electron chi connectivity index (χ3n) is 28.9. The van der Waals surface area contributed by atoms with Crippen molar-refractivity contribution < 1.29 is 0 Å². The Morgan fingerprint density at radius 3 is 0.700 bits per heavy atom. The maximum atomic E-state index is 5.27. The predicted octanol–water partition coefficient (Wildman–Crippen LogP) is 37.8. The van der Waals surface area contributed by atoms with E-state index in [9.17, 15) is 0 Å². The lowest BCUT2D eigenvalue weighted by atomic mass is 10.0. The summed E-state index contributed by atoms with van der Waals surface area (Å²) in [5.41, 5.74) is 32.1. The van der Waals surface area contributed by atoms with Gasteiger partial charge in [-0.05, 0) is 173 Å². The molecule has 30 rings (SSSR count). The van der Waals surface area contributed by atoms with E-state index in [1.54, 1.807) is 0 Å². The standard InChI is InChI=1S/3C46H29N3S/c1-3-12-30(13-4-1)32-23-25-43-39(27-32)36-18-7-9-20-42(36)49(43)35-17-11-16-34(26-35)46-47-40(31-14-5-2-6-15-31)29-41(48-46)33-22-24-38-37-19-8-10-21-44(37)50-45(38)28-33;1-2-12-30(13-3-1)31-14-10-15-32(26-31)40-29-41(33-24-25-39-38-20-6-9-23-44(38)50-45(39)28-33)48-46(47-40)34-16-11-17-35(27-34)49-42-21-7-4-18-36(42)37-19-5-8-22-43(37)49;1-2-11-30(12-3-1)31-21-23-32(24-22-31)40-29-41(33-25-26-39-38-17-6-9-20-44(38)50-45(39)28-33)48-46(47-40)34-13-10-14-35(27-34)49-42-18-7-4-15-36(42)37-16-5-8-19-43(37)49/h3*1-29H. The van der Waals surface area contributed by atoms with E-state index in [0.717, 1.165) is 107 Å². The lowest BCUT2D eigenvalue weighted by Gasteiger charge is -2.13. The molecule has 0 bridgehead atoms. The fourth-order valence-corrected chi connectivity index (χ4v) is 25.1. The maximum Gasteiger partial charge on any atom is 0.160 e. The van der Waals surface area contributed by atoms with E-state index in [-0.39, 0.29) is 0 Å². The Morgan fingerprint density at radius 2 is 0.340 bits per heavy atom. The molecular weight excluding hydrogens is 1880 g/mol. The molecule has 0 aliphatic rings. The van der Waals surface area contributed by atoms with Gasteiger partial charge in [0.1, 0.15) is 0 Å². The molecule has 9 heterocycles. The van der Waals surface area contributed by atoms with Gasteiger partial charge in [0.05, 0.1) is 67.3 Å². The van der Waals surface area contributed by atoms with Crippen molar-refractivity contribution in [2.75, 3.05) is 0 Å². The zero-order chi connectivity index (χ0) is 99.1. The van der Waals surface area contributed by atoms with Crippen LogP contribution in [0.5, 0.6) is 0 Å². The SMILES string of the molecule is c1ccc(-c2ccc(-c3cc(-c4ccc5c(c4)sc4ccccc45)nc(-c4cccc(-n5c6ccccc6c6ccccc65)c4)n3)cc2)cc1.c1ccc(-c2ccc3c(c2)c2ccccc2n3-c2cccc(-c3nc(-c4ccccc4)cc(-c4ccc5c(c4)sc4ccccc45)n3)c2)cc1.c1ccc(-c2cccc(-c3cc(-c4ccc5c(c4)sc4ccccc45)nc(-c4cccc(-n5c6ccccc6c6ccccc65)c4)n3)c2)cc1. The van der Waals surface area contributed by atoms with Crippen molar-refractivity contribution in [3.8, 4) is 152 Å². The molecule has 12 heteroatoms. The molecule has 0 aliphatic heterocycles. The first kappa shape index (κ1) is 88.6. The van der Waals surface area contributed by atoms with Crippen molar-refractivity contribution in [2.45, 2.75) is 0 Å². The fraction of sp³-hybridized carbons (Fsp3) is 0. The average Bonchev–Trinajstić information content (AvgIpc) is 1.59. The molecule has 0 saturated carbocycles. The molecule has 702 valence electrons. The van der Waals surface area contributed by atoms with Gasteiger partial charge in [-0.1, -0.05) is 388 Å². The minimum absolute atomic E-state index is 0.696. The summed E-state index contributed by atoms with van der Waals surface area (Å²) in [7, 11) is 0. The Labute approximate surface area is 876 Å². The normalized spacial score (nSPS) is 11.6. The van der Waals surface area contributed by atoms with Gasteiger partial charge in [-0.15, -0.1) is 34.0 Å². The Balaban J connectivity index is 0.000000108. The fourth-order valence-electron chi connectivity index (χ4n) is 21.6. The molecule has 30 aromatic rings. The molecule has 0 spiro atoms. The molecule has 0 N–H and O–H groups in total. The quantitative estimate of drug-likeness (QED) is 0.102. The second-order valence-corrected chi connectivity index (χ2v) is 41.2.